The lowest BCUT2D eigenvalue weighted by Crippen LogP contribution is -2.20. The lowest BCUT2D eigenvalue weighted by Gasteiger charge is -2.18. The van der Waals surface area contributed by atoms with Gasteiger partial charge in [0.05, 0.1) is 12.2 Å². The molecule has 0 amide bonds. The molecule has 112 valence electrons. The second-order valence-electron chi connectivity index (χ2n) is 5.25. The summed E-state index contributed by atoms with van der Waals surface area (Å²) in [6.07, 6.45) is 1.80. The van der Waals surface area contributed by atoms with Crippen molar-refractivity contribution in [3.8, 4) is 0 Å². The van der Waals surface area contributed by atoms with Crippen LogP contribution in [0.15, 0.2) is 30.5 Å². The molecule has 3 aromatic rings. The molecule has 0 unspecified atom stereocenters. The van der Waals surface area contributed by atoms with Gasteiger partial charge in [-0.1, -0.05) is 17.7 Å². The Morgan fingerprint density at radius 3 is 2.55 bits per heavy atom. The van der Waals surface area contributed by atoms with Crippen molar-refractivity contribution in [2.24, 2.45) is 0 Å². The molecular formula is C15H18N7+. The molecule has 5 N–H and O–H groups in total. The van der Waals surface area contributed by atoms with Crippen LogP contribution >= 0.6 is 0 Å². The standard InChI is InChI=1S/C15H17N7/c1-9-3-5-11(6-4-9)22(2)8-10-7-18-14-12(19-10)13(16)20-15(17)21-14/h3-7H,8H2,1-2H3,(H4,16,17,18,20,21)/p+1. The van der Waals surface area contributed by atoms with E-state index in [-0.39, 0.29) is 11.8 Å². The third-order valence-electron chi connectivity index (χ3n) is 3.43. The zero-order valence-corrected chi connectivity index (χ0v) is 12.5. The molecule has 1 aromatic carbocycles. The SMILES string of the molecule is Cc1ccc(N(C)Cc2c[nH+]c3nc(N)nc(N)c3n2)cc1. The highest BCUT2D eigenvalue weighted by Gasteiger charge is 2.14. The van der Waals surface area contributed by atoms with Crippen molar-refractivity contribution in [1.82, 2.24) is 15.0 Å². The number of hydrogen-bond donors (Lipinski definition) is 2. The van der Waals surface area contributed by atoms with Crippen LogP contribution in [0, 0.1) is 6.92 Å². The Kier molecular flexibility index (Phi) is 3.46. The van der Waals surface area contributed by atoms with Gasteiger partial charge >= 0.3 is 11.6 Å². The van der Waals surface area contributed by atoms with Crippen molar-refractivity contribution in [3.63, 3.8) is 0 Å². The Balaban J connectivity index is 1.89. The molecule has 0 saturated heterocycles. The maximum Gasteiger partial charge on any atom is 0.355 e. The van der Waals surface area contributed by atoms with E-state index in [2.05, 4.69) is 56.0 Å². The molecule has 2 aromatic heterocycles. The van der Waals surface area contributed by atoms with Gasteiger partial charge in [0.2, 0.25) is 0 Å². The fourth-order valence-corrected chi connectivity index (χ4v) is 2.24. The first kappa shape index (κ1) is 14.0. The van der Waals surface area contributed by atoms with E-state index in [4.69, 9.17) is 11.5 Å². The predicted octanol–water partition coefficient (Wildman–Crippen LogP) is 0.948. The molecule has 0 atom stereocenters. The lowest BCUT2D eigenvalue weighted by atomic mass is 10.2. The highest BCUT2D eigenvalue weighted by molar-refractivity contribution is 5.79. The van der Waals surface area contributed by atoms with E-state index in [0.717, 1.165) is 11.4 Å². The third-order valence-corrected chi connectivity index (χ3v) is 3.43. The second-order valence-corrected chi connectivity index (χ2v) is 5.25. The highest BCUT2D eigenvalue weighted by Crippen LogP contribution is 2.17. The number of rotatable bonds is 3. The first-order valence-electron chi connectivity index (χ1n) is 6.91. The molecule has 2 heterocycles. The normalized spacial score (nSPS) is 10.8. The van der Waals surface area contributed by atoms with Gasteiger partial charge in [-0.25, -0.2) is 9.97 Å². The number of aryl methyl sites for hydroxylation is 1. The minimum absolute atomic E-state index is 0.132. The van der Waals surface area contributed by atoms with E-state index in [1.165, 1.54) is 5.56 Å². The number of nitrogen functional groups attached to an aromatic ring is 2. The summed E-state index contributed by atoms with van der Waals surface area (Å²) >= 11 is 0. The number of H-pyrrole nitrogens is 1. The number of benzene rings is 1. The van der Waals surface area contributed by atoms with E-state index in [1.54, 1.807) is 6.20 Å². The molecule has 22 heavy (non-hydrogen) atoms. The largest absolute Gasteiger partial charge is 0.381 e. The third kappa shape index (κ3) is 2.73. The fourth-order valence-electron chi connectivity index (χ4n) is 2.24. The van der Waals surface area contributed by atoms with E-state index < -0.39 is 0 Å². The Hall–Kier alpha value is -2.96. The zero-order valence-electron chi connectivity index (χ0n) is 12.5. The van der Waals surface area contributed by atoms with Crippen LogP contribution in [-0.2, 0) is 6.54 Å². The van der Waals surface area contributed by atoms with Gasteiger partial charge in [0.1, 0.15) is 6.20 Å². The van der Waals surface area contributed by atoms with Crippen LogP contribution in [0.1, 0.15) is 11.3 Å². The summed E-state index contributed by atoms with van der Waals surface area (Å²) in [5, 5.41) is 0. The van der Waals surface area contributed by atoms with Crippen LogP contribution in [0.2, 0.25) is 0 Å². The first-order chi connectivity index (χ1) is 10.5. The Morgan fingerprint density at radius 1 is 1.09 bits per heavy atom. The van der Waals surface area contributed by atoms with Gasteiger partial charge < -0.3 is 16.4 Å². The number of nitrogens with one attached hydrogen (secondary N) is 1. The van der Waals surface area contributed by atoms with Crippen LogP contribution in [0.25, 0.3) is 11.2 Å². The van der Waals surface area contributed by atoms with Gasteiger partial charge in [0.15, 0.2) is 11.3 Å². The van der Waals surface area contributed by atoms with Crippen LogP contribution in [0.5, 0.6) is 0 Å². The minimum Gasteiger partial charge on any atom is -0.381 e. The number of nitrogens with two attached hydrogens (primary N) is 2. The van der Waals surface area contributed by atoms with Gasteiger partial charge in [0.25, 0.3) is 0 Å². The van der Waals surface area contributed by atoms with Crippen LogP contribution in [0.4, 0.5) is 17.5 Å². The van der Waals surface area contributed by atoms with Crippen molar-refractivity contribution in [1.29, 1.82) is 0 Å². The van der Waals surface area contributed by atoms with Crippen LogP contribution in [0.3, 0.4) is 0 Å². The Bertz CT molecular complexity index is 814. The summed E-state index contributed by atoms with van der Waals surface area (Å²) in [5.74, 6) is 0.408. The van der Waals surface area contributed by atoms with Crippen molar-refractivity contribution in [2.75, 3.05) is 23.4 Å². The molecule has 7 nitrogen and oxygen atoms in total. The summed E-state index contributed by atoms with van der Waals surface area (Å²) in [6, 6.07) is 8.33. The topological polar surface area (TPSA) is 108 Å². The van der Waals surface area contributed by atoms with Gasteiger partial charge in [-0.2, -0.15) is 4.98 Å². The average Bonchev–Trinajstić information content (AvgIpc) is 2.48. The smallest absolute Gasteiger partial charge is 0.355 e. The number of anilines is 3. The highest BCUT2D eigenvalue weighted by atomic mass is 15.1. The lowest BCUT2D eigenvalue weighted by molar-refractivity contribution is -0.349. The number of aromatic nitrogens is 4. The molecule has 0 radical (unpaired) electrons. The average molecular weight is 296 g/mol. The first-order valence-corrected chi connectivity index (χ1v) is 6.91. The number of fused-ring (bicyclic) bond motifs is 1. The fraction of sp³-hybridized carbons (Fsp3) is 0.200. The molecule has 0 saturated carbocycles. The summed E-state index contributed by atoms with van der Waals surface area (Å²) in [5.41, 5.74) is 15.7. The monoisotopic (exact) mass is 296 g/mol. The summed E-state index contributed by atoms with van der Waals surface area (Å²) < 4.78 is 0. The zero-order chi connectivity index (χ0) is 15.7. The van der Waals surface area contributed by atoms with Gasteiger partial charge in [0, 0.05) is 17.7 Å². The Labute approximate surface area is 128 Å². The molecule has 0 spiro atoms. The van der Waals surface area contributed by atoms with E-state index in [9.17, 15) is 0 Å². The molecule has 0 aliphatic carbocycles. The summed E-state index contributed by atoms with van der Waals surface area (Å²) in [7, 11) is 2.01. The molecular weight excluding hydrogens is 278 g/mol. The minimum atomic E-state index is 0.132. The van der Waals surface area contributed by atoms with Crippen molar-refractivity contribution in [3.05, 3.63) is 41.7 Å². The Morgan fingerprint density at radius 2 is 1.82 bits per heavy atom. The molecule has 0 bridgehead atoms. The quantitative estimate of drug-likeness (QED) is 0.745. The second kappa shape index (κ2) is 5.44. The van der Waals surface area contributed by atoms with Crippen molar-refractivity contribution < 1.29 is 4.98 Å². The van der Waals surface area contributed by atoms with E-state index in [1.807, 2.05) is 7.05 Å². The number of hydrogen-bond acceptors (Lipinski definition) is 6. The summed E-state index contributed by atoms with van der Waals surface area (Å²) in [6.45, 7) is 2.71. The van der Waals surface area contributed by atoms with Crippen molar-refractivity contribution in [2.45, 2.75) is 13.5 Å². The molecule has 0 aliphatic heterocycles. The van der Waals surface area contributed by atoms with Gasteiger partial charge in [-0.05, 0) is 19.1 Å². The maximum atomic E-state index is 5.86. The maximum absolute atomic E-state index is 5.86. The number of aromatic amines is 1. The predicted molar refractivity (Wildman–Crippen MR) is 86.0 cm³/mol. The molecule has 0 fully saturated rings. The molecule has 3 rings (SSSR count). The summed E-state index contributed by atoms with van der Waals surface area (Å²) in [4.78, 5) is 17.7. The van der Waals surface area contributed by atoms with E-state index in [0.29, 0.717) is 17.7 Å². The molecule has 7 heteroatoms. The van der Waals surface area contributed by atoms with E-state index >= 15 is 0 Å². The van der Waals surface area contributed by atoms with Gasteiger partial charge in [-0.3, -0.25) is 0 Å². The van der Waals surface area contributed by atoms with Gasteiger partial charge in [-0.15, -0.1) is 0 Å². The van der Waals surface area contributed by atoms with Crippen LogP contribution < -0.4 is 21.4 Å². The van der Waals surface area contributed by atoms with Crippen LogP contribution in [-0.4, -0.2) is 22.0 Å². The number of nitrogens with zero attached hydrogens (tertiary/aromatic N) is 4. The van der Waals surface area contributed by atoms with Crippen molar-refractivity contribution >= 4 is 28.6 Å². The molecule has 0 aliphatic rings.